The molecule has 3 rings (SSSR count). The molecule has 20 heavy (non-hydrogen) atoms. The average molecular weight is 260 g/mol. The molecule has 0 unspecified atom stereocenters. The topological polar surface area (TPSA) is 90.4 Å². The first-order valence-corrected chi connectivity index (χ1v) is 5.95. The lowest BCUT2D eigenvalue weighted by atomic mass is 10.0. The van der Waals surface area contributed by atoms with Crippen LogP contribution in [-0.2, 0) is 0 Å². The molecule has 1 aliphatic carbocycles. The van der Waals surface area contributed by atoms with Gasteiger partial charge in [0.15, 0.2) is 11.4 Å². The molecule has 1 heterocycles. The van der Waals surface area contributed by atoms with Gasteiger partial charge in [-0.3, -0.25) is 4.79 Å². The molecule has 0 radical (unpaired) electrons. The molecule has 0 spiro atoms. The molecule has 1 aromatic heterocycles. The van der Waals surface area contributed by atoms with Crippen molar-refractivity contribution in [3.05, 3.63) is 45.9 Å². The van der Waals surface area contributed by atoms with Crippen molar-refractivity contribution in [2.45, 2.75) is 13.8 Å². The van der Waals surface area contributed by atoms with Gasteiger partial charge in [-0.15, -0.1) is 0 Å². The normalized spacial score (nSPS) is 11.5. The Labute approximate surface area is 115 Å². The van der Waals surface area contributed by atoms with Crippen LogP contribution >= 0.6 is 0 Å². The summed E-state index contributed by atoms with van der Waals surface area (Å²) in [5.74, 6) is -0.244. The lowest BCUT2D eigenvalue weighted by Crippen LogP contribution is -2.04. The maximum Gasteiger partial charge on any atom is 0.214 e. The maximum atomic E-state index is 12.3. The highest BCUT2D eigenvalue weighted by Crippen LogP contribution is 2.36. The number of benzene rings is 1. The van der Waals surface area contributed by atoms with E-state index < -0.39 is 0 Å². The largest absolute Gasteiger partial charge is 0.287 e. The highest BCUT2D eigenvalue weighted by atomic mass is 16.1. The van der Waals surface area contributed by atoms with E-state index in [4.69, 9.17) is 10.5 Å². The van der Waals surface area contributed by atoms with Crippen LogP contribution in [0.4, 0.5) is 0 Å². The van der Waals surface area contributed by atoms with Gasteiger partial charge in [-0.2, -0.15) is 10.5 Å². The molecule has 0 saturated heterocycles. The lowest BCUT2D eigenvalue weighted by Gasteiger charge is -2.04. The Morgan fingerprint density at radius 2 is 1.40 bits per heavy atom. The molecule has 1 aliphatic rings. The summed E-state index contributed by atoms with van der Waals surface area (Å²) in [6.07, 6.45) is 0. The van der Waals surface area contributed by atoms with Gasteiger partial charge in [0, 0.05) is 11.1 Å². The third-order valence-electron chi connectivity index (χ3n) is 3.46. The van der Waals surface area contributed by atoms with E-state index in [2.05, 4.69) is 9.97 Å². The number of fused-ring (bicyclic) bond motifs is 3. The summed E-state index contributed by atoms with van der Waals surface area (Å²) in [4.78, 5) is 20.5. The second kappa shape index (κ2) is 3.97. The molecule has 2 aromatic rings. The van der Waals surface area contributed by atoms with Crippen LogP contribution in [0.25, 0.3) is 11.3 Å². The molecule has 0 fully saturated rings. The summed E-state index contributed by atoms with van der Waals surface area (Å²) < 4.78 is 0. The number of nitriles is 2. The zero-order valence-electron chi connectivity index (χ0n) is 10.9. The Kier molecular flexibility index (Phi) is 2.39. The second-order valence-electron chi connectivity index (χ2n) is 4.65. The van der Waals surface area contributed by atoms with Crippen molar-refractivity contribution in [3.8, 4) is 23.4 Å². The van der Waals surface area contributed by atoms with E-state index in [9.17, 15) is 4.79 Å². The third-order valence-corrected chi connectivity index (χ3v) is 3.46. The van der Waals surface area contributed by atoms with Gasteiger partial charge in [0.25, 0.3) is 0 Å². The monoisotopic (exact) mass is 260 g/mol. The van der Waals surface area contributed by atoms with Crippen molar-refractivity contribution >= 4 is 5.78 Å². The van der Waals surface area contributed by atoms with Gasteiger partial charge in [-0.05, 0) is 37.1 Å². The summed E-state index contributed by atoms with van der Waals surface area (Å²) in [6.45, 7) is 3.87. The first kappa shape index (κ1) is 12.0. The number of carbonyl (C=O) groups is 1. The van der Waals surface area contributed by atoms with Crippen molar-refractivity contribution in [1.82, 2.24) is 9.97 Å². The first-order chi connectivity index (χ1) is 9.56. The number of nitrogens with zero attached hydrogens (tertiary/aromatic N) is 4. The molecule has 5 heteroatoms. The molecule has 0 bridgehead atoms. The van der Waals surface area contributed by atoms with E-state index in [-0.39, 0.29) is 22.9 Å². The number of carbonyl (C=O) groups excluding carboxylic acids is 1. The van der Waals surface area contributed by atoms with E-state index in [1.807, 2.05) is 26.0 Å². The zero-order chi connectivity index (χ0) is 14.4. The van der Waals surface area contributed by atoms with Crippen LogP contribution in [0.3, 0.4) is 0 Å². The Balaban J connectivity index is 2.38. The number of hydrogen-bond acceptors (Lipinski definition) is 5. The van der Waals surface area contributed by atoms with Gasteiger partial charge in [-0.25, -0.2) is 9.97 Å². The zero-order valence-corrected chi connectivity index (χ0v) is 10.9. The first-order valence-electron chi connectivity index (χ1n) is 5.95. The highest BCUT2D eigenvalue weighted by Gasteiger charge is 2.31. The molecule has 94 valence electrons. The van der Waals surface area contributed by atoms with Crippen LogP contribution in [-0.4, -0.2) is 15.8 Å². The summed E-state index contributed by atoms with van der Waals surface area (Å²) in [5, 5.41) is 18.0. The third kappa shape index (κ3) is 1.44. The number of aromatic nitrogens is 2. The van der Waals surface area contributed by atoms with Crippen molar-refractivity contribution in [3.63, 3.8) is 0 Å². The fourth-order valence-electron chi connectivity index (χ4n) is 2.26. The molecule has 0 atom stereocenters. The number of aryl methyl sites for hydroxylation is 2. The fourth-order valence-corrected chi connectivity index (χ4v) is 2.26. The van der Waals surface area contributed by atoms with Crippen LogP contribution in [0.15, 0.2) is 12.1 Å². The van der Waals surface area contributed by atoms with E-state index in [1.165, 1.54) is 0 Å². The van der Waals surface area contributed by atoms with Crippen LogP contribution in [0, 0.1) is 36.5 Å². The molecular formula is C15H8N4O. The predicted molar refractivity (Wildman–Crippen MR) is 69.8 cm³/mol. The van der Waals surface area contributed by atoms with E-state index in [0.717, 1.165) is 11.1 Å². The summed E-state index contributed by atoms with van der Waals surface area (Å²) >= 11 is 0. The SMILES string of the molecule is Cc1cc2c(cc1C)-c1nc(C#N)c(C#N)nc1C2=O. The van der Waals surface area contributed by atoms with Crippen molar-refractivity contribution in [2.75, 3.05) is 0 Å². The Hall–Kier alpha value is -3.05. The molecular weight excluding hydrogens is 252 g/mol. The highest BCUT2D eigenvalue weighted by molar-refractivity contribution is 6.20. The number of rotatable bonds is 0. The molecule has 5 nitrogen and oxygen atoms in total. The Morgan fingerprint density at radius 3 is 1.95 bits per heavy atom. The van der Waals surface area contributed by atoms with Gasteiger partial charge < -0.3 is 0 Å². The summed E-state index contributed by atoms with van der Waals surface area (Å²) in [5.41, 5.74) is 3.64. The van der Waals surface area contributed by atoms with E-state index in [1.54, 1.807) is 12.1 Å². The minimum Gasteiger partial charge on any atom is -0.287 e. The van der Waals surface area contributed by atoms with Gasteiger partial charge in [0.2, 0.25) is 5.78 Å². The second-order valence-corrected chi connectivity index (χ2v) is 4.65. The molecule has 1 aromatic carbocycles. The van der Waals surface area contributed by atoms with Crippen molar-refractivity contribution in [1.29, 1.82) is 10.5 Å². The van der Waals surface area contributed by atoms with Gasteiger partial charge in [0.05, 0.1) is 0 Å². The molecule has 0 aliphatic heterocycles. The fraction of sp³-hybridized carbons (Fsp3) is 0.133. The van der Waals surface area contributed by atoms with Gasteiger partial charge in [0.1, 0.15) is 23.5 Å². The summed E-state index contributed by atoms with van der Waals surface area (Å²) in [7, 11) is 0. The summed E-state index contributed by atoms with van der Waals surface area (Å²) in [6, 6.07) is 7.31. The average Bonchev–Trinajstić information content (AvgIpc) is 2.71. The van der Waals surface area contributed by atoms with Crippen LogP contribution in [0.1, 0.15) is 38.6 Å². The Morgan fingerprint density at radius 1 is 0.900 bits per heavy atom. The van der Waals surface area contributed by atoms with Gasteiger partial charge in [-0.1, -0.05) is 0 Å². The minimum absolute atomic E-state index is 0.0508. The predicted octanol–water partition coefficient (Wildman–Crippen LogP) is 2.05. The number of hydrogen-bond donors (Lipinski definition) is 0. The Bertz CT molecular complexity index is 869. The smallest absolute Gasteiger partial charge is 0.214 e. The molecule has 0 N–H and O–H groups in total. The minimum atomic E-state index is -0.244. The molecule has 0 saturated carbocycles. The van der Waals surface area contributed by atoms with E-state index >= 15 is 0 Å². The van der Waals surface area contributed by atoms with E-state index in [0.29, 0.717) is 16.8 Å². The van der Waals surface area contributed by atoms with Gasteiger partial charge >= 0.3 is 0 Å². The van der Waals surface area contributed by atoms with Crippen LogP contribution in [0.5, 0.6) is 0 Å². The molecule has 0 amide bonds. The van der Waals surface area contributed by atoms with Crippen LogP contribution < -0.4 is 0 Å². The standard InChI is InChI=1S/C15H8N4O/c1-7-3-9-10(4-8(7)2)15(20)14-13(9)18-11(5-16)12(6-17)19-14/h3-4H,1-2H3. The van der Waals surface area contributed by atoms with Crippen molar-refractivity contribution in [2.24, 2.45) is 0 Å². The maximum absolute atomic E-state index is 12.3. The quantitative estimate of drug-likeness (QED) is 0.617. The van der Waals surface area contributed by atoms with Crippen molar-refractivity contribution < 1.29 is 4.79 Å². The lowest BCUT2D eigenvalue weighted by molar-refractivity contribution is 0.103. The number of ketones is 1. The van der Waals surface area contributed by atoms with Crippen LogP contribution in [0.2, 0.25) is 0 Å².